The van der Waals surface area contributed by atoms with Gasteiger partial charge in [0.1, 0.15) is 6.04 Å². The number of nitrogens with zero attached hydrogens (tertiary/aromatic N) is 3. The molecule has 1 aliphatic rings. The monoisotopic (exact) mass is 316 g/mol. The van der Waals surface area contributed by atoms with Gasteiger partial charge in [-0.3, -0.25) is 4.79 Å². The standard InChI is InChI=1S/C16H20N4O3/c1-12(21)17-14(11-13-5-3-2-4-6-13)15-18-19-16(23-15)20-7-9-22-10-8-20/h2-6,14H,7-11H2,1H3,(H,17,21). The van der Waals surface area contributed by atoms with Crippen LogP contribution in [-0.2, 0) is 16.0 Å². The fourth-order valence-corrected chi connectivity index (χ4v) is 2.54. The molecule has 122 valence electrons. The van der Waals surface area contributed by atoms with E-state index in [9.17, 15) is 4.79 Å². The molecule has 0 bridgehead atoms. The number of hydrogen-bond acceptors (Lipinski definition) is 6. The molecule has 2 heterocycles. The molecule has 0 saturated carbocycles. The summed E-state index contributed by atoms with van der Waals surface area (Å²) in [6, 6.07) is 10.0. The molecule has 3 rings (SSSR count). The molecular weight excluding hydrogens is 296 g/mol. The third kappa shape index (κ3) is 4.07. The zero-order valence-electron chi connectivity index (χ0n) is 13.1. The Morgan fingerprint density at radius 2 is 2.00 bits per heavy atom. The van der Waals surface area contributed by atoms with E-state index >= 15 is 0 Å². The number of rotatable bonds is 5. The molecule has 0 radical (unpaired) electrons. The Kier molecular flexibility index (Phi) is 4.87. The van der Waals surface area contributed by atoms with Gasteiger partial charge in [0.05, 0.1) is 13.2 Å². The summed E-state index contributed by atoms with van der Waals surface area (Å²) in [5.41, 5.74) is 1.09. The van der Waals surface area contributed by atoms with Crippen molar-refractivity contribution in [3.8, 4) is 0 Å². The molecule has 1 saturated heterocycles. The molecule has 1 unspecified atom stereocenters. The van der Waals surface area contributed by atoms with Gasteiger partial charge >= 0.3 is 6.01 Å². The van der Waals surface area contributed by atoms with Crippen LogP contribution in [0.1, 0.15) is 24.4 Å². The van der Waals surface area contributed by atoms with Gasteiger partial charge in [-0.1, -0.05) is 35.4 Å². The van der Waals surface area contributed by atoms with Gasteiger partial charge in [-0.05, 0) is 5.56 Å². The first kappa shape index (κ1) is 15.5. The molecule has 0 aliphatic carbocycles. The highest BCUT2D eigenvalue weighted by atomic mass is 16.5. The van der Waals surface area contributed by atoms with Crippen LogP contribution in [0.4, 0.5) is 6.01 Å². The predicted octanol–water partition coefficient (Wildman–Crippen LogP) is 1.33. The van der Waals surface area contributed by atoms with Crippen molar-refractivity contribution in [3.05, 3.63) is 41.8 Å². The number of morpholine rings is 1. The second-order valence-electron chi connectivity index (χ2n) is 5.47. The van der Waals surface area contributed by atoms with Gasteiger partial charge in [-0.25, -0.2) is 0 Å². The lowest BCUT2D eigenvalue weighted by molar-refractivity contribution is -0.119. The fraction of sp³-hybridized carbons (Fsp3) is 0.438. The normalized spacial score (nSPS) is 16.1. The van der Waals surface area contributed by atoms with Gasteiger partial charge in [-0.2, -0.15) is 0 Å². The summed E-state index contributed by atoms with van der Waals surface area (Å²) in [5.74, 6) is 0.294. The van der Waals surface area contributed by atoms with E-state index in [0.29, 0.717) is 31.5 Å². The van der Waals surface area contributed by atoms with E-state index in [-0.39, 0.29) is 11.9 Å². The van der Waals surface area contributed by atoms with Crippen molar-refractivity contribution in [2.75, 3.05) is 31.2 Å². The Balaban J connectivity index is 1.76. The van der Waals surface area contributed by atoms with Gasteiger partial charge in [0.2, 0.25) is 11.8 Å². The van der Waals surface area contributed by atoms with Gasteiger partial charge < -0.3 is 19.4 Å². The average Bonchev–Trinajstić information content (AvgIpc) is 3.06. The van der Waals surface area contributed by atoms with E-state index in [1.807, 2.05) is 35.2 Å². The number of ether oxygens (including phenoxy) is 1. The average molecular weight is 316 g/mol. The molecule has 2 aromatic rings. The van der Waals surface area contributed by atoms with Crippen molar-refractivity contribution in [1.82, 2.24) is 15.5 Å². The lowest BCUT2D eigenvalue weighted by Crippen LogP contribution is -2.36. The third-order valence-electron chi connectivity index (χ3n) is 3.67. The van der Waals surface area contributed by atoms with E-state index in [1.54, 1.807) is 0 Å². The first-order chi connectivity index (χ1) is 11.2. The predicted molar refractivity (Wildman–Crippen MR) is 84.0 cm³/mol. The number of carbonyl (C=O) groups excluding carboxylic acids is 1. The van der Waals surface area contributed by atoms with Gasteiger partial charge in [0.25, 0.3) is 0 Å². The first-order valence-electron chi connectivity index (χ1n) is 7.69. The minimum absolute atomic E-state index is 0.128. The number of aromatic nitrogens is 2. The molecule has 1 atom stereocenters. The Bertz CT molecular complexity index is 638. The van der Waals surface area contributed by atoms with Gasteiger partial charge in [0, 0.05) is 26.4 Å². The number of nitrogens with one attached hydrogen (secondary N) is 1. The topological polar surface area (TPSA) is 80.5 Å². The summed E-state index contributed by atoms with van der Waals surface area (Å²) in [6.45, 7) is 4.24. The molecule has 1 fully saturated rings. The maximum absolute atomic E-state index is 11.5. The van der Waals surface area contributed by atoms with E-state index in [4.69, 9.17) is 9.15 Å². The summed E-state index contributed by atoms with van der Waals surface area (Å²) >= 11 is 0. The highest BCUT2D eigenvalue weighted by molar-refractivity contribution is 5.73. The zero-order chi connectivity index (χ0) is 16.1. The van der Waals surface area contributed by atoms with Crippen LogP contribution in [0.2, 0.25) is 0 Å². The highest BCUT2D eigenvalue weighted by Gasteiger charge is 2.23. The molecule has 7 nitrogen and oxygen atoms in total. The molecule has 1 amide bonds. The summed E-state index contributed by atoms with van der Waals surface area (Å²) in [4.78, 5) is 13.5. The van der Waals surface area contributed by atoms with Crippen molar-refractivity contribution < 1.29 is 13.9 Å². The number of hydrogen-bond donors (Lipinski definition) is 1. The smallest absolute Gasteiger partial charge is 0.318 e. The van der Waals surface area contributed by atoms with Crippen LogP contribution >= 0.6 is 0 Å². The molecule has 1 N–H and O–H groups in total. The Hall–Kier alpha value is -2.41. The highest BCUT2D eigenvalue weighted by Crippen LogP contribution is 2.21. The number of anilines is 1. The first-order valence-corrected chi connectivity index (χ1v) is 7.69. The second-order valence-corrected chi connectivity index (χ2v) is 5.47. The van der Waals surface area contributed by atoms with Crippen LogP contribution < -0.4 is 10.2 Å². The molecule has 1 aliphatic heterocycles. The van der Waals surface area contributed by atoms with Crippen LogP contribution in [0, 0.1) is 0 Å². The summed E-state index contributed by atoms with van der Waals surface area (Å²) < 4.78 is 11.1. The molecule has 0 spiro atoms. The quantitative estimate of drug-likeness (QED) is 0.896. The van der Waals surface area contributed by atoms with E-state index < -0.39 is 0 Å². The van der Waals surface area contributed by atoms with Crippen molar-refractivity contribution in [3.63, 3.8) is 0 Å². The second kappa shape index (κ2) is 7.23. The summed E-state index contributed by atoms with van der Waals surface area (Å²) in [5, 5.41) is 11.1. The zero-order valence-corrected chi connectivity index (χ0v) is 13.1. The van der Waals surface area contributed by atoms with Crippen LogP contribution in [0.5, 0.6) is 0 Å². The maximum atomic E-state index is 11.5. The van der Waals surface area contributed by atoms with Gasteiger partial charge in [0.15, 0.2) is 0 Å². The summed E-state index contributed by atoms with van der Waals surface area (Å²) in [7, 11) is 0. The van der Waals surface area contributed by atoms with Crippen LogP contribution in [0.3, 0.4) is 0 Å². The van der Waals surface area contributed by atoms with Crippen molar-refractivity contribution in [1.29, 1.82) is 0 Å². The third-order valence-corrected chi connectivity index (χ3v) is 3.67. The van der Waals surface area contributed by atoms with Crippen LogP contribution in [0.15, 0.2) is 34.7 Å². The number of amides is 1. The maximum Gasteiger partial charge on any atom is 0.318 e. The lowest BCUT2D eigenvalue weighted by Gasteiger charge is -2.24. The van der Waals surface area contributed by atoms with Crippen LogP contribution in [-0.4, -0.2) is 42.4 Å². The van der Waals surface area contributed by atoms with Crippen LogP contribution in [0.25, 0.3) is 0 Å². The minimum atomic E-state index is -0.336. The molecule has 23 heavy (non-hydrogen) atoms. The van der Waals surface area contributed by atoms with E-state index in [2.05, 4.69) is 15.5 Å². The summed E-state index contributed by atoms with van der Waals surface area (Å²) in [6.07, 6.45) is 0.602. The SMILES string of the molecule is CC(=O)NC(Cc1ccccc1)c1nnc(N2CCOCC2)o1. The molecule has 7 heteroatoms. The molecule has 1 aromatic carbocycles. The molecular formula is C16H20N4O3. The fourth-order valence-electron chi connectivity index (χ4n) is 2.54. The Morgan fingerprint density at radius 1 is 1.26 bits per heavy atom. The van der Waals surface area contributed by atoms with Crippen molar-refractivity contribution >= 4 is 11.9 Å². The van der Waals surface area contributed by atoms with E-state index in [0.717, 1.165) is 18.7 Å². The Morgan fingerprint density at radius 3 is 2.70 bits per heavy atom. The van der Waals surface area contributed by atoms with Crippen molar-refractivity contribution in [2.24, 2.45) is 0 Å². The van der Waals surface area contributed by atoms with Crippen molar-refractivity contribution in [2.45, 2.75) is 19.4 Å². The molecule has 1 aromatic heterocycles. The number of benzene rings is 1. The van der Waals surface area contributed by atoms with Gasteiger partial charge in [-0.15, -0.1) is 5.10 Å². The minimum Gasteiger partial charge on any atom is -0.406 e. The Labute approximate surface area is 134 Å². The number of carbonyl (C=O) groups is 1. The van der Waals surface area contributed by atoms with E-state index in [1.165, 1.54) is 6.92 Å². The lowest BCUT2D eigenvalue weighted by atomic mass is 10.1. The largest absolute Gasteiger partial charge is 0.406 e.